The Balaban J connectivity index is 1.37. The minimum Gasteiger partial charge on any atom is -0.399 e. The molecule has 5 nitrogen and oxygen atoms in total. The number of nitrogens with zero attached hydrogens (tertiary/aromatic N) is 3. The van der Waals surface area contributed by atoms with Crippen LogP contribution in [0.15, 0.2) is 97.1 Å². The third-order valence-corrected chi connectivity index (χ3v) is 9.23. The maximum Gasteiger partial charge on any atom is 0.496 e. The van der Waals surface area contributed by atoms with E-state index in [1.807, 2.05) is 60.7 Å². The van der Waals surface area contributed by atoms with Crippen molar-refractivity contribution < 1.29 is 9.31 Å². The molecule has 0 amide bonds. The topological polar surface area (TPSA) is 57.1 Å². The minimum absolute atomic E-state index is 0.394. The van der Waals surface area contributed by atoms with Crippen molar-refractivity contribution in [1.29, 1.82) is 0 Å². The van der Waals surface area contributed by atoms with Crippen LogP contribution in [0.4, 0.5) is 0 Å². The van der Waals surface area contributed by atoms with Gasteiger partial charge in [-0.1, -0.05) is 78.9 Å². The van der Waals surface area contributed by atoms with Gasteiger partial charge < -0.3 is 9.31 Å². The van der Waals surface area contributed by atoms with Crippen molar-refractivity contribution in [3.63, 3.8) is 0 Å². The van der Waals surface area contributed by atoms with Gasteiger partial charge in [-0.3, -0.25) is 0 Å². The predicted octanol–water partition coefficient (Wildman–Crippen LogP) is 7.54. The predicted molar refractivity (Wildman–Crippen MR) is 165 cm³/mol. The molecule has 0 unspecified atom stereocenters. The number of thiophene rings is 1. The van der Waals surface area contributed by atoms with Crippen molar-refractivity contribution in [2.24, 2.45) is 0 Å². The number of rotatable bonds is 4. The molecule has 1 aliphatic heterocycles. The quantitative estimate of drug-likeness (QED) is 0.216. The number of hydrogen-bond donors (Lipinski definition) is 0. The van der Waals surface area contributed by atoms with E-state index in [-0.39, 0.29) is 0 Å². The van der Waals surface area contributed by atoms with Crippen LogP contribution in [0, 0.1) is 0 Å². The van der Waals surface area contributed by atoms with E-state index < -0.39 is 18.3 Å². The first kappa shape index (κ1) is 25.1. The molecule has 7 rings (SSSR count). The highest BCUT2D eigenvalue weighted by atomic mass is 32.1. The number of hydrogen-bond acceptors (Lipinski definition) is 6. The smallest absolute Gasteiger partial charge is 0.399 e. The highest BCUT2D eigenvalue weighted by Crippen LogP contribution is 2.40. The molecule has 3 heterocycles. The van der Waals surface area contributed by atoms with Gasteiger partial charge in [-0.15, -0.1) is 11.3 Å². The minimum atomic E-state index is -0.411. The van der Waals surface area contributed by atoms with Crippen molar-refractivity contribution >= 4 is 44.1 Å². The largest absolute Gasteiger partial charge is 0.496 e. The second-order valence-electron chi connectivity index (χ2n) is 11.2. The second kappa shape index (κ2) is 9.34. The summed E-state index contributed by atoms with van der Waals surface area (Å²) in [5, 5.41) is 2.34. The molecular weight excluding hydrogens is 513 g/mol. The average molecular weight is 541 g/mol. The van der Waals surface area contributed by atoms with Gasteiger partial charge in [0.1, 0.15) is 0 Å². The number of aromatic nitrogens is 3. The number of fused-ring (bicyclic) bond motifs is 3. The second-order valence-corrected chi connectivity index (χ2v) is 12.2. The molecular formula is C33H28BN3O2S. The molecule has 2 aromatic heterocycles. The molecule has 4 aromatic carbocycles. The Kier molecular flexibility index (Phi) is 5.86. The summed E-state index contributed by atoms with van der Waals surface area (Å²) in [5.74, 6) is 1.96. The first-order valence-corrected chi connectivity index (χ1v) is 14.3. The Morgan fingerprint density at radius 2 is 1.12 bits per heavy atom. The first-order chi connectivity index (χ1) is 19.3. The van der Waals surface area contributed by atoms with Gasteiger partial charge in [-0.25, -0.2) is 15.0 Å². The lowest BCUT2D eigenvalue weighted by Gasteiger charge is -2.32. The van der Waals surface area contributed by atoms with E-state index in [9.17, 15) is 0 Å². The summed E-state index contributed by atoms with van der Waals surface area (Å²) >= 11 is 1.77. The highest BCUT2D eigenvalue weighted by molar-refractivity contribution is 7.27. The summed E-state index contributed by atoms with van der Waals surface area (Å²) in [6.07, 6.45) is 0. The van der Waals surface area contributed by atoms with Crippen LogP contribution < -0.4 is 5.46 Å². The van der Waals surface area contributed by atoms with E-state index >= 15 is 0 Å². The summed E-state index contributed by atoms with van der Waals surface area (Å²) in [4.78, 5) is 14.7. The monoisotopic (exact) mass is 541 g/mol. The maximum absolute atomic E-state index is 6.42. The Hall–Kier alpha value is -3.91. The van der Waals surface area contributed by atoms with E-state index in [0.29, 0.717) is 17.5 Å². The molecule has 7 heteroatoms. The zero-order valence-electron chi connectivity index (χ0n) is 22.9. The normalized spacial score (nSPS) is 16.1. The van der Waals surface area contributed by atoms with Crippen molar-refractivity contribution in [3.05, 3.63) is 97.1 Å². The molecule has 0 saturated carbocycles. The summed E-state index contributed by atoms with van der Waals surface area (Å²) in [7, 11) is -0.411. The van der Waals surface area contributed by atoms with Crippen LogP contribution in [0.2, 0.25) is 0 Å². The van der Waals surface area contributed by atoms with Gasteiger partial charge in [0.05, 0.1) is 11.2 Å². The van der Waals surface area contributed by atoms with Gasteiger partial charge in [0.2, 0.25) is 0 Å². The maximum atomic E-state index is 6.42. The molecule has 0 bridgehead atoms. The fourth-order valence-electron chi connectivity index (χ4n) is 5.05. The molecule has 196 valence electrons. The molecule has 6 aromatic rings. The van der Waals surface area contributed by atoms with Gasteiger partial charge in [-0.2, -0.15) is 0 Å². The van der Waals surface area contributed by atoms with Gasteiger partial charge in [0.15, 0.2) is 17.5 Å². The molecule has 0 spiro atoms. The van der Waals surface area contributed by atoms with Gasteiger partial charge in [0, 0.05) is 36.9 Å². The summed E-state index contributed by atoms with van der Waals surface area (Å²) in [5.41, 5.74) is 3.14. The molecule has 1 saturated heterocycles. The Labute approximate surface area is 238 Å². The Morgan fingerprint density at radius 3 is 1.70 bits per heavy atom. The van der Waals surface area contributed by atoms with Gasteiger partial charge in [-0.05, 0) is 51.3 Å². The average Bonchev–Trinajstić information content (AvgIpc) is 3.45. The lowest BCUT2D eigenvalue weighted by molar-refractivity contribution is 0.00578. The summed E-state index contributed by atoms with van der Waals surface area (Å²) in [6.45, 7) is 8.36. The van der Waals surface area contributed by atoms with Crippen molar-refractivity contribution in [3.8, 4) is 34.2 Å². The lowest BCUT2D eigenvalue weighted by Crippen LogP contribution is -2.41. The molecule has 0 radical (unpaired) electrons. The van der Waals surface area contributed by atoms with Crippen molar-refractivity contribution in [2.75, 3.05) is 0 Å². The van der Waals surface area contributed by atoms with Crippen LogP contribution in [0.3, 0.4) is 0 Å². The molecule has 0 atom stereocenters. The van der Waals surface area contributed by atoms with Crippen LogP contribution >= 0.6 is 11.3 Å². The van der Waals surface area contributed by atoms with E-state index in [2.05, 4.69) is 64.1 Å². The Bertz CT molecular complexity index is 1800. The van der Waals surface area contributed by atoms with Gasteiger partial charge in [0.25, 0.3) is 0 Å². The SMILES string of the molecule is CC1(C)OB(c2cccc3c2sc2ccc(-c4nc(-c5ccccc5)nc(-c5ccccc5)n4)cc23)OC1(C)C. The molecule has 0 aliphatic carbocycles. The van der Waals surface area contributed by atoms with E-state index in [1.54, 1.807) is 11.3 Å². The van der Waals surface area contributed by atoms with Crippen LogP contribution in [0.5, 0.6) is 0 Å². The fourth-order valence-corrected chi connectivity index (χ4v) is 6.26. The summed E-state index contributed by atoms with van der Waals surface area (Å²) < 4.78 is 15.2. The zero-order chi connectivity index (χ0) is 27.5. The first-order valence-electron chi connectivity index (χ1n) is 13.5. The Morgan fingerprint density at radius 1 is 0.575 bits per heavy atom. The van der Waals surface area contributed by atoms with E-state index in [0.717, 1.165) is 22.2 Å². The zero-order valence-corrected chi connectivity index (χ0v) is 23.7. The van der Waals surface area contributed by atoms with E-state index in [4.69, 9.17) is 24.3 Å². The highest BCUT2D eigenvalue weighted by Gasteiger charge is 2.52. The lowest BCUT2D eigenvalue weighted by atomic mass is 9.78. The van der Waals surface area contributed by atoms with Crippen LogP contribution in [-0.4, -0.2) is 33.3 Å². The van der Waals surface area contributed by atoms with Crippen LogP contribution in [0.1, 0.15) is 27.7 Å². The fraction of sp³-hybridized carbons (Fsp3) is 0.182. The van der Waals surface area contributed by atoms with Crippen LogP contribution in [0.25, 0.3) is 54.3 Å². The van der Waals surface area contributed by atoms with Crippen molar-refractivity contribution in [2.45, 2.75) is 38.9 Å². The van der Waals surface area contributed by atoms with Gasteiger partial charge >= 0.3 is 7.12 Å². The standard InChI is InChI=1S/C33H28BN3O2S/c1-32(2)33(3,4)39-34(38-32)26-17-11-16-24-25-20-23(18-19-27(25)40-28(24)26)31-36-29(21-12-7-5-8-13-21)35-30(37-31)22-14-9-6-10-15-22/h5-20H,1-4H3. The molecule has 40 heavy (non-hydrogen) atoms. The van der Waals surface area contributed by atoms with Crippen LogP contribution in [-0.2, 0) is 9.31 Å². The van der Waals surface area contributed by atoms with E-state index in [1.165, 1.54) is 20.2 Å². The molecule has 0 N–H and O–H groups in total. The third kappa shape index (κ3) is 4.22. The molecule has 1 fully saturated rings. The number of benzene rings is 4. The molecule has 1 aliphatic rings. The summed E-state index contributed by atoms with van der Waals surface area (Å²) in [6, 6.07) is 33.0. The third-order valence-electron chi connectivity index (χ3n) is 7.99. The van der Waals surface area contributed by atoms with Crippen molar-refractivity contribution in [1.82, 2.24) is 15.0 Å².